The van der Waals surface area contributed by atoms with Gasteiger partial charge in [-0.3, -0.25) is 9.78 Å². The molecule has 0 spiro atoms. The number of fused-ring (bicyclic) bond motifs is 1. The van der Waals surface area contributed by atoms with E-state index in [0.717, 1.165) is 23.7 Å². The standard InChI is InChI=1S/C21H27N3O3/c1-21(2,3)27-20(26)24-12-9-15(10-13-24)14-23-19(25)17-8-4-6-16-7-5-11-22-18(16)17/h4-8,11,15H,9-10,12-14H2,1-3H3,(H,23,25). The first-order valence-electron chi connectivity index (χ1n) is 9.43. The van der Waals surface area contributed by atoms with Crippen molar-refractivity contribution in [3.05, 3.63) is 42.1 Å². The van der Waals surface area contributed by atoms with E-state index in [9.17, 15) is 9.59 Å². The number of aromatic nitrogens is 1. The van der Waals surface area contributed by atoms with Crippen molar-refractivity contribution in [2.75, 3.05) is 19.6 Å². The van der Waals surface area contributed by atoms with Crippen LogP contribution in [0.25, 0.3) is 10.9 Å². The summed E-state index contributed by atoms with van der Waals surface area (Å²) in [6, 6.07) is 9.44. The monoisotopic (exact) mass is 369 g/mol. The van der Waals surface area contributed by atoms with Crippen LogP contribution in [0.3, 0.4) is 0 Å². The Hall–Kier alpha value is -2.63. The molecule has 1 aliphatic heterocycles. The largest absolute Gasteiger partial charge is 0.444 e. The molecular formula is C21H27N3O3. The Balaban J connectivity index is 1.51. The van der Waals surface area contributed by atoms with Gasteiger partial charge < -0.3 is 15.0 Å². The van der Waals surface area contributed by atoms with Crippen LogP contribution in [-0.2, 0) is 4.74 Å². The molecule has 1 aliphatic rings. The molecule has 2 aromatic rings. The van der Waals surface area contributed by atoms with E-state index in [0.29, 0.717) is 31.1 Å². The molecular weight excluding hydrogens is 342 g/mol. The molecule has 3 rings (SSSR count). The van der Waals surface area contributed by atoms with Gasteiger partial charge >= 0.3 is 6.09 Å². The molecule has 1 N–H and O–H groups in total. The van der Waals surface area contributed by atoms with Gasteiger partial charge in [0, 0.05) is 31.2 Å². The summed E-state index contributed by atoms with van der Waals surface area (Å²) >= 11 is 0. The van der Waals surface area contributed by atoms with Crippen molar-refractivity contribution in [1.29, 1.82) is 0 Å². The lowest BCUT2D eigenvalue weighted by Crippen LogP contribution is -2.43. The number of nitrogens with zero attached hydrogens (tertiary/aromatic N) is 2. The van der Waals surface area contributed by atoms with E-state index in [-0.39, 0.29) is 12.0 Å². The van der Waals surface area contributed by atoms with Crippen LogP contribution in [-0.4, -0.2) is 47.1 Å². The number of amides is 2. The summed E-state index contributed by atoms with van der Waals surface area (Å²) < 4.78 is 5.42. The fraction of sp³-hybridized carbons (Fsp3) is 0.476. The molecule has 0 atom stereocenters. The van der Waals surface area contributed by atoms with E-state index in [4.69, 9.17) is 4.74 Å². The Morgan fingerprint density at radius 1 is 1.19 bits per heavy atom. The summed E-state index contributed by atoms with van der Waals surface area (Å²) in [5.74, 6) is 0.254. The normalized spacial score (nSPS) is 15.6. The van der Waals surface area contributed by atoms with E-state index < -0.39 is 5.60 Å². The molecule has 1 fully saturated rings. The van der Waals surface area contributed by atoms with Gasteiger partial charge in [0.05, 0.1) is 11.1 Å². The predicted molar refractivity (Wildman–Crippen MR) is 105 cm³/mol. The Bertz CT molecular complexity index is 816. The van der Waals surface area contributed by atoms with Crippen molar-refractivity contribution >= 4 is 22.9 Å². The highest BCUT2D eigenvalue weighted by atomic mass is 16.6. The van der Waals surface area contributed by atoms with E-state index in [1.165, 1.54) is 0 Å². The van der Waals surface area contributed by atoms with Crippen LogP contribution in [0.4, 0.5) is 4.79 Å². The Morgan fingerprint density at radius 3 is 2.59 bits per heavy atom. The van der Waals surface area contributed by atoms with E-state index in [2.05, 4.69) is 10.3 Å². The smallest absolute Gasteiger partial charge is 0.410 e. The lowest BCUT2D eigenvalue weighted by molar-refractivity contribution is 0.0183. The number of ether oxygens (including phenoxy) is 1. The molecule has 0 bridgehead atoms. The summed E-state index contributed by atoms with van der Waals surface area (Å²) in [5.41, 5.74) is 0.838. The maximum absolute atomic E-state index is 12.6. The van der Waals surface area contributed by atoms with E-state index in [1.807, 2.05) is 45.0 Å². The lowest BCUT2D eigenvalue weighted by atomic mass is 9.97. The summed E-state index contributed by atoms with van der Waals surface area (Å²) in [6.07, 6.45) is 3.15. The first-order valence-corrected chi connectivity index (χ1v) is 9.43. The zero-order valence-electron chi connectivity index (χ0n) is 16.2. The zero-order chi connectivity index (χ0) is 19.4. The van der Waals surface area contributed by atoms with E-state index in [1.54, 1.807) is 17.2 Å². The third-order valence-electron chi connectivity index (χ3n) is 4.69. The number of hydrogen-bond acceptors (Lipinski definition) is 4. The van der Waals surface area contributed by atoms with E-state index >= 15 is 0 Å². The third kappa shape index (κ3) is 4.96. The second-order valence-corrected chi connectivity index (χ2v) is 8.00. The summed E-state index contributed by atoms with van der Waals surface area (Å²) in [4.78, 5) is 30.8. The van der Waals surface area contributed by atoms with Crippen LogP contribution >= 0.6 is 0 Å². The van der Waals surface area contributed by atoms with Crippen molar-refractivity contribution in [3.63, 3.8) is 0 Å². The zero-order valence-corrected chi connectivity index (χ0v) is 16.2. The van der Waals surface area contributed by atoms with Crippen molar-refractivity contribution < 1.29 is 14.3 Å². The number of nitrogens with one attached hydrogen (secondary N) is 1. The van der Waals surface area contributed by atoms with Crippen LogP contribution < -0.4 is 5.32 Å². The first kappa shape index (κ1) is 19.1. The summed E-state index contributed by atoms with van der Waals surface area (Å²) in [7, 11) is 0. The molecule has 1 saturated heterocycles. The van der Waals surface area contributed by atoms with Crippen molar-refractivity contribution in [2.45, 2.75) is 39.2 Å². The minimum atomic E-state index is -0.478. The lowest BCUT2D eigenvalue weighted by Gasteiger charge is -2.33. The Kier molecular flexibility index (Phi) is 5.63. The van der Waals surface area contributed by atoms with Gasteiger partial charge in [0.15, 0.2) is 0 Å². The maximum Gasteiger partial charge on any atom is 0.410 e. The number of hydrogen-bond donors (Lipinski definition) is 1. The molecule has 0 aliphatic carbocycles. The highest BCUT2D eigenvalue weighted by Gasteiger charge is 2.27. The van der Waals surface area contributed by atoms with Gasteiger partial charge in [0.1, 0.15) is 5.60 Å². The number of piperidine rings is 1. The first-order chi connectivity index (χ1) is 12.8. The van der Waals surface area contributed by atoms with Gasteiger partial charge in [0.2, 0.25) is 0 Å². The molecule has 144 valence electrons. The summed E-state index contributed by atoms with van der Waals surface area (Å²) in [6.45, 7) is 7.53. The van der Waals surface area contributed by atoms with Crippen LogP contribution in [0, 0.1) is 5.92 Å². The molecule has 0 radical (unpaired) electrons. The Labute approximate surface area is 159 Å². The van der Waals surface area contributed by atoms with Gasteiger partial charge in [-0.05, 0) is 51.7 Å². The van der Waals surface area contributed by atoms with Crippen LogP contribution in [0.15, 0.2) is 36.5 Å². The Morgan fingerprint density at radius 2 is 1.89 bits per heavy atom. The quantitative estimate of drug-likeness (QED) is 0.897. The van der Waals surface area contributed by atoms with Crippen LogP contribution in [0.2, 0.25) is 0 Å². The average molecular weight is 369 g/mol. The topological polar surface area (TPSA) is 71.5 Å². The highest BCUT2D eigenvalue weighted by Crippen LogP contribution is 2.20. The molecule has 2 heterocycles. The number of likely N-dealkylation sites (tertiary alicyclic amines) is 1. The van der Waals surface area contributed by atoms with Crippen molar-refractivity contribution in [1.82, 2.24) is 15.2 Å². The maximum atomic E-state index is 12.6. The van der Waals surface area contributed by atoms with Gasteiger partial charge in [-0.15, -0.1) is 0 Å². The number of para-hydroxylation sites is 1. The number of benzene rings is 1. The van der Waals surface area contributed by atoms with Crippen molar-refractivity contribution in [3.8, 4) is 0 Å². The number of rotatable bonds is 3. The second kappa shape index (κ2) is 7.94. The molecule has 1 aromatic heterocycles. The fourth-order valence-corrected chi connectivity index (χ4v) is 3.27. The SMILES string of the molecule is CC(C)(C)OC(=O)N1CCC(CNC(=O)c2cccc3cccnc23)CC1. The molecule has 0 unspecified atom stereocenters. The third-order valence-corrected chi connectivity index (χ3v) is 4.69. The van der Waals surface area contributed by atoms with Crippen molar-refractivity contribution in [2.24, 2.45) is 5.92 Å². The minimum Gasteiger partial charge on any atom is -0.444 e. The average Bonchev–Trinajstić information content (AvgIpc) is 2.64. The van der Waals surface area contributed by atoms with Gasteiger partial charge in [-0.25, -0.2) is 4.79 Å². The van der Waals surface area contributed by atoms with Crippen LogP contribution in [0.5, 0.6) is 0 Å². The molecule has 6 heteroatoms. The highest BCUT2D eigenvalue weighted by molar-refractivity contribution is 6.05. The predicted octanol–water partition coefficient (Wildman–Crippen LogP) is 3.61. The molecule has 1 aromatic carbocycles. The number of carbonyl (C=O) groups excluding carboxylic acids is 2. The fourth-order valence-electron chi connectivity index (χ4n) is 3.27. The minimum absolute atomic E-state index is 0.103. The second-order valence-electron chi connectivity index (χ2n) is 8.00. The molecule has 2 amide bonds. The van der Waals surface area contributed by atoms with Crippen LogP contribution in [0.1, 0.15) is 44.0 Å². The molecule has 6 nitrogen and oxygen atoms in total. The van der Waals surface area contributed by atoms with Gasteiger partial charge in [-0.1, -0.05) is 18.2 Å². The molecule has 27 heavy (non-hydrogen) atoms. The molecule has 0 saturated carbocycles. The van der Waals surface area contributed by atoms with Gasteiger partial charge in [0.25, 0.3) is 5.91 Å². The number of pyridine rings is 1. The number of carbonyl (C=O) groups is 2. The van der Waals surface area contributed by atoms with Gasteiger partial charge in [-0.2, -0.15) is 0 Å². The summed E-state index contributed by atoms with van der Waals surface area (Å²) in [5, 5.41) is 3.98.